The molecular weight excluding hydrogens is 364 g/mol. The van der Waals surface area contributed by atoms with Crippen LogP contribution in [0.1, 0.15) is 17.8 Å². The fourth-order valence-corrected chi connectivity index (χ4v) is 2.85. The van der Waals surface area contributed by atoms with Crippen molar-refractivity contribution < 1.29 is 17.9 Å². The van der Waals surface area contributed by atoms with Crippen LogP contribution in [-0.4, -0.2) is 22.7 Å². The first-order valence-corrected chi connectivity index (χ1v) is 8.19. The second-order valence-corrected chi connectivity index (χ2v) is 6.02. The van der Waals surface area contributed by atoms with Crippen molar-refractivity contribution in [2.45, 2.75) is 13.0 Å². The smallest absolute Gasteiger partial charge is 0.278 e. The SMILES string of the molecule is Fc1cc2c(Cl)ccc(COc3nc(C4=CCN=CC4)ncc3F)c2o1. The molecule has 0 bridgehead atoms. The van der Waals surface area contributed by atoms with Gasteiger partial charge in [-0.3, -0.25) is 4.99 Å². The Bertz CT molecular complexity index is 1050. The quantitative estimate of drug-likeness (QED) is 0.669. The van der Waals surface area contributed by atoms with Crippen LogP contribution in [0.25, 0.3) is 16.5 Å². The molecule has 0 radical (unpaired) electrons. The molecule has 3 aromatic rings. The molecule has 5 nitrogen and oxygen atoms in total. The summed E-state index contributed by atoms with van der Waals surface area (Å²) in [5.41, 5.74) is 1.64. The predicted octanol–water partition coefficient (Wildman–Crippen LogP) is 4.59. The van der Waals surface area contributed by atoms with Crippen LogP contribution in [0.4, 0.5) is 8.78 Å². The van der Waals surface area contributed by atoms with Crippen molar-refractivity contribution in [1.29, 1.82) is 0 Å². The number of aliphatic imine (C=N–C) groups is 1. The lowest BCUT2D eigenvalue weighted by Crippen LogP contribution is -2.05. The zero-order valence-electron chi connectivity index (χ0n) is 13.4. The molecule has 1 aliphatic heterocycles. The molecule has 0 fully saturated rings. The monoisotopic (exact) mass is 375 g/mol. The van der Waals surface area contributed by atoms with Gasteiger partial charge in [0.25, 0.3) is 11.9 Å². The molecule has 2 aromatic heterocycles. The van der Waals surface area contributed by atoms with Crippen molar-refractivity contribution in [2.24, 2.45) is 4.99 Å². The van der Waals surface area contributed by atoms with Gasteiger partial charge in [-0.05, 0) is 6.07 Å². The van der Waals surface area contributed by atoms with Crippen LogP contribution < -0.4 is 4.74 Å². The van der Waals surface area contributed by atoms with Gasteiger partial charge in [0.2, 0.25) is 5.82 Å². The lowest BCUT2D eigenvalue weighted by atomic mass is 10.1. The van der Waals surface area contributed by atoms with Gasteiger partial charge in [-0.15, -0.1) is 0 Å². The number of rotatable bonds is 4. The fraction of sp³-hybridized carbons (Fsp3) is 0.167. The van der Waals surface area contributed by atoms with Crippen molar-refractivity contribution in [3.8, 4) is 5.88 Å². The lowest BCUT2D eigenvalue weighted by Gasteiger charge is -2.10. The third-order valence-electron chi connectivity index (χ3n) is 3.93. The lowest BCUT2D eigenvalue weighted by molar-refractivity contribution is 0.274. The maximum Gasteiger partial charge on any atom is 0.278 e. The Hall–Kier alpha value is -2.80. The normalized spacial score (nSPS) is 13.9. The highest BCUT2D eigenvalue weighted by molar-refractivity contribution is 6.35. The van der Waals surface area contributed by atoms with E-state index in [4.69, 9.17) is 20.8 Å². The highest BCUT2D eigenvalue weighted by atomic mass is 35.5. The number of benzene rings is 1. The van der Waals surface area contributed by atoms with E-state index in [-0.39, 0.29) is 18.1 Å². The average Bonchev–Trinajstić information content (AvgIpc) is 3.06. The number of dihydropyridines is 1. The van der Waals surface area contributed by atoms with Gasteiger partial charge in [-0.25, -0.2) is 4.98 Å². The Labute approximate surface area is 152 Å². The predicted molar refractivity (Wildman–Crippen MR) is 93.5 cm³/mol. The van der Waals surface area contributed by atoms with Crippen molar-refractivity contribution in [2.75, 3.05) is 6.54 Å². The summed E-state index contributed by atoms with van der Waals surface area (Å²) in [6.07, 6.45) is 5.28. The minimum absolute atomic E-state index is 0.0610. The molecule has 0 amide bonds. The molecule has 26 heavy (non-hydrogen) atoms. The van der Waals surface area contributed by atoms with Gasteiger partial charge < -0.3 is 9.15 Å². The molecule has 132 valence electrons. The molecule has 0 spiro atoms. The van der Waals surface area contributed by atoms with Gasteiger partial charge in [0.15, 0.2) is 5.82 Å². The molecule has 0 aliphatic carbocycles. The number of allylic oxidation sites excluding steroid dienone is 1. The van der Waals surface area contributed by atoms with Crippen molar-refractivity contribution in [3.05, 3.63) is 58.7 Å². The third kappa shape index (κ3) is 3.17. The zero-order valence-corrected chi connectivity index (χ0v) is 14.1. The minimum atomic E-state index is -0.754. The van der Waals surface area contributed by atoms with Gasteiger partial charge in [0.1, 0.15) is 12.2 Å². The fourth-order valence-electron chi connectivity index (χ4n) is 2.65. The molecule has 0 unspecified atom stereocenters. The number of aromatic nitrogens is 2. The first-order chi connectivity index (χ1) is 12.6. The number of hydrogen-bond donors (Lipinski definition) is 0. The number of ether oxygens (including phenoxy) is 1. The summed E-state index contributed by atoms with van der Waals surface area (Å²) >= 11 is 6.03. The summed E-state index contributed by atoms with van der Waals surface area (Å²) in [6, 6.07) is 3.68. The maximum absolute atomic E-state index is 14.0. The van der Waals surface area contributed by atoms with E-state index < -0.39 is 11.8 Å². The molecule has 1 aliphatic rings. The van der Waals surface area contributed by atoms with E-state index in [0.29, 0.717) is 34.8 Å². The van der Waals surface area contributed by atoms with Crippen LogP contribution in [0.3, 0.4) is 0 Å². The molecular formula is C18H12ClF2N3O2. The summed E-state index contributed by atoms with van der Waals surface area (Å²) in [5.74, 6) is -0.485. The van der Waals surface area contributed by atoms with Crippen LogP contribution in [-0.2, 0) is 6.61 Å². The van der Waals surface area contributed by atoms with E-state index >= 15 is 0 Å². The number of hydrogen-bond acceptors (Lipinski definition) is 5. The minimum Gasteiger partial charge on any atom is -0.470 e. The van der Waals surface area contributed by atoms with Crippen LogP contribution in [0.15, 0.2) is 39.9 Å². The van der Waals surface area contributed by atoms with Gasteiger partial charge in [-0.1, -0.05) is 23.7 Å². The van der Waals surface area contributed by atoms with E-state index in [1.807, 2.05) is 6.08 Å². The number of nitrogens with zero attached hydrogens (tertiary/aromatic N) is 3. The van der Waals surface area contributed by atoms with Gasteiger partial charge in [-0.2, -0.15) is 13.8 Å². The Balaban J connectivity index is 1.60. The highest BCUT2D eigenvalue weighted by Crippen LogP contribution is 2.30. The molecule has 4 rings (SSSR count). The molecule has 0 atom stereocenters. The van der Waals surface area contributed by atoms with Gasteiger partial charge in [0.05, 0.1) is 17.8 Å². The third-order valence-corrected chi connectivity index (χ3v) is 4.26. The van der Waals surface area contributed by atoms with Gasteiger partial charge in [0, 0.05) is 35.2 Å². The summed E-state index contributed by atoms with van der Waals surface area (Å²) in [4.78, 5) is 12.2. The topological polar surface area (TPSA) is 60.5 Å². The van der Waals surface area contributed by atoms with Crippen LogP contribution >= 0.6 is 11.6 Å². The van der Waals surface area contributed by atoms with Gasteiger partial charge >= 0.3 is 0 Å². The van der Waals surface area contributed by atoms with E-state index in [0.717, 1.165) is 11.8 Å². The molecule has 8 heteroatoms. The Morgan fingerprint density at radius 2 is 2.15 bits per heavy atom. The molecule has 3 heterocycles. The highest BCUT2D eigenvalue weighted by Gasteiger charge is 2.15. The summed E-state index contributed by atoms with van der Waals surface area (Å²) < 4.78 is 38.0. The largest absolute Gasteiger partial charge is 0.470 e. The summed E-state index contributed by atoms with van der Waals surface area (Å²) in [7, 11) is 0. The van der Waals surface area contributed by atoms with Crippen LogP contribution in [0, 0.1) is 11.8 Å². The molecule has 0 N–H and O–H groups in total. The molecule has 0 saturated carbocycles. The van der Waals surface area contributed by atoms with Crippen LogP contribution in [0.5, 0.6) is 5.88 Å². The summed E-state index contributed by atoms with van der Waals surface area (Å²) in [6.45, 7) is 0.480. The van der Waals surface area contributed by atoms with Crippen molar-refractivity contribution in [1.82, 2.24) is 9.97 Å². The first kappa shape index (κ1) is 16.7. The van der Waals surface area contributed by atoms with E-state index in [9.17, 15) is 8.78 Å². The second-order valence-electron chi connectivity index (χ2n) is 5.62. The zero-order chi connectivity index (χ0) is 18.1. The Kier molecular flexibility index (Phi) is 4.38. The second kappa shape index (κ2) is 6.84. The van der Waals surface area contributed by atoms with E-state index in [2.05, 4.69) is 15.0 Å². The molecule has 1 aromatic carbocycles. The number of halogens is 3. The van der Waals surface area contributed by atoms with E-state index in [1.165, 1.54) is 6.07 Å². The van der Waals surface area contributed by atoms with Crippen molar-refractivity contribution >= 4 is 34.4 Å². The maximum atomic E-state index is 14.0. The van der Waals surface area contributed by atoms with Crippen molar-refractivity contribution in [3.63, 3.8) is 0 Å². The van der Waals surface area contributed by atoms with Crippen LogP contribution in [0.2, 0.25) is 5.02 Å². The van der Waals surface area contributed by atoms with E-state index in [1.54, 1.807) is 18.3 Å². The Morgan fingerprint density at radius 3 is 2.96 bits per heavy atom. The summed E-state index contributed by atoms with van der Waals surface area (Å²) in [5, 5.41) is 0.790. The Morgan fingerprint density at radius 1 is 1.27 bits per heavy atom. The first-order valence-electron chi connectivity index (χ1n) is 7.81. The standard InChI is InChI=1S/C18H12ClF2N3O2/c19-13-2-1-11(16-12(13)7-15(21)26-16)9-25-18-14(20)8-23-17(24-18)10-3-5-22-6-4-10/h1-3,6-8H,4-5,9H2. The number of furan rings is 1. The number of fused-ring (bicyclic) bond motifs is 1. The average molecular weight is 376 g/mol. The molecule has 0 saturated heterocycles.